The highest BCUT2D eigenvalue weighted by atomic mass is 16.1. The molecule has 3 nitrogen and oxygen atoms in total. The molecule has 96 valence electrons. The smallest absolute Gasteiger partial charge is 0.175 e. The number of ketones is 1. The van der Waals surface area contributed by atoms with Gasteiger partial charge in [0.15, 0.2) is 5.78 Å². The average molecular weight is 244 g/mol. The highest BCUT2D eigenvalue weighted by Gasteiger charge is 2.04. The minimum absolute atomic E-state index is 0.0142. The van der Waals surface area contributed by atoms with Crippen molar-refractivity contribution >= 4 is 17.7 Å². The van der Waals surface area contributed by atoms with Crippen LogP contribution in [0, 0.1) is 0 Å². The van der Waals surface area contributed by atoms with Gasteiger partial charge in [-0.15, -0.1) is 0 Å². The van der Waals surface area contributed by atoms with Crippen molar-refractivity contribution in [2.75, 3.05) is 0 Å². The van der Waals surface area contributed by atoms with Crippen LogP contribution >= 0.6 is 0 Å². The molecule has 0 radical (unpaired) electrons. The first-order valence-electron chi connectivity index (χ1n) is 6.37. The van der Waals surface area contributed by atoms with E-state index in [-0.39, 0.29) is 5.78 Å². The van der Waals surface area contributed by atoms with Crippen LogP contribution in [0.2, 0.25) is 0 Å². The van der Waals surface area contributed by atoms with E-state index in [1.165, 1.54) is 5.56 Å². The first kappa shape index (κ1) is 14.3. The molecule has 0 N–H and O–H groups in total. The van der Waals surface area contributed by atoms with E-state index in [0.717, 1.165) is 19.3 Å². The Labute approximate surface area is 109 Å². The number of hydrogen-bond donors (Lipinski definition) is 0. The van der Waals surface area contributed by atoms with Crippen molar-refractivity contribution in [3.05, 3.63) is 35.9 Å². The van der Waals surface area contributed by atoms with Crippen LogP contribution in [0.4, 0.5) is 0 Å². The van der Waals surface area contributed by atoms with Crippen molar-refractivity contribution in [1.29, 1.82) is 0 Å². The van der Waals surface area contributed by atoms with E-state index in [4.69, 9.17) is 0 Å². The van der Waals surface area contributed by atoms with Crippen molar-refractivity contribution in [2.45, 2.75) is 39.5 Å². The van der Waals surface area contributed by atoms with Gasteiger partial charge in [0.2, 0.25) is 0 Å². The van der Waals surface area contributed by atoms with Crippen LogP contribution in [0.15, 0.2) is 40.5 Å². The topological polar surface area (TPSA) is 41.8 Å². The number of nitrogens with zero attached hydrogens (tertiary/aromatic N) is 2. The average Bonchev–Trinajstić information content (AvgIpc) is 2.38. The van der Waals surface area contributed by atoms with Gasteiger partial charge in [0.1, 0.15) is 5.71 Å². The molecule has 0 aromatic heterocycles. The summed E-state index contributed by atoms with van der Waals surface area (Å²) < 4.78 is 0. The van der Waals surface area contributed by atoms with E-state index in [2.05, 4.69) is 17.1 Å². The Morgan fingerprint density at radius 3 is 2.61 bits per heavy atom. The van der Waals surface area contributed by atoms with Gasteiger partial charge in [-0.1, -0.05) is 43.7 Å². The third-order valence-electron chi connectivity index (χ3n) is 2.60. The minimum atomic E-state index is 0.0142. The van der Waals surface area contributed by atoms with Crippen LogP contribution in [0.3, 0.4) is 0 Å². The lowest BCUT2D eigenvalue weighted by Crippen LogP contribution is -2.09. The van der Waals surface area contributed by atoms with Crippen LogP contribution < -0.4 is 0 Å². The first-order chi connectivity index (χ1) is 8.74. The first-order valence-corrected chi connectivity index (χ1v) is 6.37. The Balaban J connectivity index is 2.51. The Kier molecular flexibility index (Phi) is 6.62. The Morgan fingerprint density at radius 1 is 1.28 bits per heavy atom. The van der Waals surface area contributed by atoms with E-state index < -0.39 is 0 Å². The Hall–Kier alpha value is -1.77. The highest BCUT2D eigenvalue weighted by Crippen LogP contribution is 2.00. The fraction of sp³-hybridized carbons (Fsp3) is 0.400. The molecule has 0 atom stereocenters. The molecular weight excluding hydrogens is 224 g/mol. The molecular formula is C15H20N2O. The van der Waals surface area contributed by atoms with Crippen LogP contribution in [-0.2, 0) is 11.2 Å². The summed E-state index contributed by atoms with van der Waals surface area (Å²) in [7, 11) is 0. The van der Waals surface area contributed by atoms with E-state index in [9.17, 15) is 4.79 Å². The van der Waals surface area contributed by atoms with Crippen molar-refractivity contribution < 1.29 is 4.79 Å². The maximum atomic E-state index is 11.3. The zero-order valence-corrected chi connectivity index (χ0v) is 11.1. The number of unbranched alkanes of at least 4 members (excludes halogenated alkanes) is 1. The quantitative estimate of drug-likeness (QED) is 0.535. The Morgan fingerprint density at radius 2 is 2.00 bits per heavy atom. The standard InChI is InChI=1S/C15H20N2O/c1-3-4-10-15(13(2)18)17-16-12-11-14-8-6-5-7-9-14/h5-9,12H,3-4,10-11H2,1-2H3. The molecule has 0 heterocycles. The number of Topliss-reactive ketones (excluding diaryl/α,β-unsaturated/α-hetero) is 1. The van der Waals surface area contributed by atoms with Crippen LogP contribution in [0.25, 0.3) is 0 Å². The third kappa shape index (κ3) is 5.53. The van der Waals surface area contributed by atoms with Gasteiger partial charge in [0.25, 0.3) is 0 Å². The molecule has 0 saturated heterocycles. The lowest BCUT2D eigenvalue weighted by molar-refractivity contribution is -0.111. The second-order valence-corrected chi connectivity index (χ2v) is 4.19. The van der Waals surface area contributed by atoms with Crippen molar-refractivity contribution in [3.8, 4) is 0 Å². The molecule has 1 aromatic carbocycles. The summed E-state index contributed by atoms with van der Waals surface area (Å²) in [6, 6.07) is 10.1. The molecule has 1 rings (SSSR count). The normalized spacial score (nSPS) is 12.0. The summed E-state index contributed by atoms with van der Waals surface area (Å²) in [5.74, 6) is 0.0142. The fourth-order valence-electron chi connectivity index (χ4n) is 1.51. The summed E-state index contributed by atoms with van der Waals surface area (Å²) in [5, 5.41) is 8.00. The number of carbonyl (C=O) groups excluding carboxylic acids is 1. The second-order valence-electron chi connectivity index (χ2n) is 4.19. The highest BCUT2D eigenvalue weighted by molar-refractivity contribution is 6.38. The molecule has 0 bridgehead atoms. The summed E-state index contributed by atoms with van der Waals surface area (Å²) in [6.45, 7) is 3.64. The largest absolute Gasteiger partial charge is 0.293 e. The van der Waals surface area contributed by atoms with Crippen LogP contribution in [-0.4, -0.2) is 17.7 Å². The minimum Gasteiger partial charge on any atom is -0.293 e. The van der Waals surface area contributed by atoms with Crippen LogP contribution in [0.5, 0.6) is 0 Å². The molecule has 0 saturated carbocycles. The maximum Gasteiger partial charge on any atom is 0.175 e. The summed E-state index contributed by atoms with van der Waals surface area (Å²) >= 11 is 0. The number of carbonyl (C=O) groups is 1. The summed E-state index contributed by atoms with van der Waals surface area (Å²) in [5.41, 5.74) is 1.76. The van der Waals surface area contributed by atoms with Crippen molar-refractivity contribution in [2.24, 2.45) is 10.2 Å². The van der Waals surface area contributed by atoms with E-state index >= 15 is 0 Å². The lowest BCUT2D eigenvalue weighted by Gasteiger charge is -1.98. The zero-order valence-electron chi connectivity index (χ0n) is 11.1. The second kappa shape index (κ2) is 8.34. The molecule has 0 aliphatic rings. The van der Waals surface area contributed by atoms with Gasteiger partial charge >= 0.3 is 0 Å². The van der Waals surface area contributed by atoms with E-state index in [1.54, 1.807) is 13.1 Å². The van der Waals surface area contributed by atoms with Crippen molar-refractivity contribution in [1.82, 2.24) is 0 Å². The fourth-order valence-corrected chi connectivity index (χ4v) is 1.51. The van der Waals surface area contributed by atoms with E-state index in [0.29, 0.717) is 12.1 Å². The molecule has 0 aliphatic heterocycles. The maximum absolute atomic E-state index is 11.3. The SMILES string of the molecule is CCCCC(=NN=CCc1ccccc1)C(C)=O. The predicted molar refractivity (Wildman–Crippen MR) is 76.3 cm³/mol. The van der Waals surface area contributed by atoms with Gasteiger partial charge in [-0.05, 0) is 18.4 Å². The van der Waals surface area contributed by atoms with Gasteiger partial charge in [-0.25, -0.2) is 0 Å². The third-order valence-corrected chi connectivity index (χ3v) is 2.60. The van der Waals surface area contributed by atoms with Gasteiger partial charge in [-0.3, -0.25) is 4.79 Å². The lowest BCUT2D eigenvalue weighted by atomic mass is 10.1. The molecule has 18 heavy (non-hydrogen) atoms. The Bertz CT molecular complexity index is 421. The molecule has 0 aliphatic carbocycles. The van der Waals surface area contributed by atoms with Crippen molar-refractivity contribution in [3.63, 3.8) is 0 Å². The molecule has 0 spiro atoms. The molecule has 1 aromatic rings. The molecule has 0 amide bonds. The van der Waals surface area contributed by atoms with E-state index in [1.807, 2.05) is 30.3 Å². The number of hydrogen-bond acceptors (Lipinski definition) is 3. The monoisotopic (exact) mass is 244 g/mol. The number of rotatable bonds is 7. The molecule has 0 unspecified atom stereocenters. The number of benzene rings is 1. The van der Waals surface area contributed by atoms with Gasteiger partial charge in [-0.2, -0.15) is 10.2 Å². The molecule has 0 fully saturated rings. The molecule has 3 heteroatoms. The van der Waals surface area contributed by atoms with Crippen LogP contribution in [0.1, 0.15) is 38.7 Å². The predicted octanol–water partition coefficient (Wildman–Crippen LogP) is 3.44. The summed E-state index contributed by atoms with van der Waals surface area (Å²) in [6.07, 6.45) is 5.23. The van der Waals surface area contributed by atoms with Gasteiger partial charge in [0, 0.05) is 19.6 Å². The van der Waals surface area contributed by atoms with Gasteiger partial charge in [0.05, 0.1) is 0 Å². The summed E-state index contributed by atoms with van der Waals surface area (Å²) in [4.78, 5) is 11.3. The zero-order chi connectivity index (χ0) is 13.2. The van der Waals surface area contributed by atoms with Gasteiger partial charge < -0.3 is 0 Å².